The van der Waals surface area contributed by atoms with Gasteiger partial charge in [0, 0.05) is 4.83 Å². The van der Waals surface area contributed by atoms with Crippen molar-refractivity contribution in [3.63, 3.8) is 0 Å². The van der Waals surface area contributed by atoms with Crippen LogP contribution in [0.25, 0.3) is 0 Å². The second-order valence-electron chi connectivity index (χ2n) is 4.83. The molecule has 84 valence electrons. The summed E-state index contributed by atoms with van der Waals surface area (Å²) in [7, 11) is 0. The van der Waals surface area contributed by atoms with Crippen molar-refractivity contribution >= 4 is 15.9 Å². The molecule has 0 aromatic heterocycles. The van der Waals surface area contributed by atoms with Crippen LogP contribution in [0.2, 0.25) is 0 Å². The van der Waals surface area contributed by atoms with Crippen molar-refractivity contribution in [2.75, 3.05) is 0 Å². The normalized spacial score (nSPS) is 27.0. The first-order valence-corrected chi connectivity index (χ1v) is 7.38. The fraction of sp³-hybridized carbons (Fsp3) is 1.00. The van der Waals surface area contributed by atoms with Gasteiger partial charge in [-0.2, -0.15) is 0 Å². The van der Waals surface area contributed by atoms with Gasteiger partial charge in [0.15, 0.2) is 0 Å². The van der Waals surface area contributed by atoms with Crippen LogP contribution in [0.4, 0.5) is 0 Å². The van der Waals surface area contributed by atoms with Gasteiger partial charge >= 0.3 is 0 Å². The van der Waals surface area contributed by atoms with Crippen LogP contribution >= 0.6 is 15.9 Å². The van der Waals surface area contributed by atoms with Gasteiger partial charge in [0.05, 0.1) is 0 Å². The quantitative estimate of drug-likeness (QED) is 0.431. The lowest BCUT2D eigenvalue weighted by molar-refractivity contribution is 0.463. The largest absolute Gasteiger partial charge is 0.0891 e. The Morgan fingerprint density at radius 2 is 1.71 bits per heavy atom. The van der Waals surface area contributed by atoms with Gasteiger partial charge in [-0.1, -0.05) is 67.8 Å². The maximum Gasteiger partial charge on any atom is 0.0148 e. The zero-order valence-corrected chi connectivity index (χ0v) is 11.2. The summed E-state index contributed by atoms with van der Waals surface area (Å²) in [5.41, 5.74) is 0. The summed E-state index contributed by atoms with van der Waals surface area (Å²) in [6.45, 7) is 2.29. The van der Waals surface area contributed by atoms with Gasteiger partial charge in [-0.3, -0.25) is 0 Å². The minimum atomic E-state index is 0.840. The summed E-state index contributed by atoms with van der Waals surface area (Å²) >= 11 is 3.72. The highest BCUT2D eigenvalue weighted by molar-refractivity contribution is 9.09. The number of hydrogen-bond donors (Lipinski definition) is 0. The van der Waals surface area contributed by atoms with E-state index in [-0.39, 0.29) is 0 Å². The summed E-state index contributed by atoms with van der Waals surface area (Å²) in [6, 6.07) is 0. The predicted octanol–water partition coefficient (Wildman–Crippen LogP) is 5.30. The Kier molecular flexibility index (Phi) is 6.93. The fourth-order valence-electron chi connectivity index (χ4n) is 2.49. The van der Waals surface area contributed by atoms with E-state index >= 15 is 0 Å². The molecule has 0 aromatic carbocycles. The van der Waals surface area contributed by atoms with Crippen LogP contribution in [-0.4, -0.2) is 4.83 Å². The highest BCUT2D eigenvalue weighted by Crippen LogP contribution is 2.33. The average molecular weight is 261 g/mol. The molecule has 0 bridgehead atoms. The molecule has 0 aromatic rings. The van der Waals surface area contributed by atoms with Crippen molar-refractivity contribution in [3.8, 4) is 0 Å². The van der Waals surface area contributed by atoms with Gasteiger partial charge in [-0.05, 0) is 25.2 Å². The molecule has 0 heterocycles. The standard InChI is InChI=1S/C13H25Br/c1-2-3-4-5-6-7-8-12-9-10-13(14)11-12/h12-13H,2-11H2,1H3. The van der Waals surface area contributed by atoms with E-state index in [9.17, 15) is 0 Å². The van der Waals surface area contributed by atoms with Crippen molar-refractivity contribution in [3.05, 3.63) is 0 Å². The number of hydrogen-bond acceptors (Lipinski definition) is 0. The zero-order valence-electron chi connectivity index (χ0n) is 9.60. The van der Waals surface area contributed by atoms with Gasteiger partial charge in [-0.25, -0.2) is 0 Å². The molecule has 1 rings (SSSR count). The summed E-state index contributed by atoms with van der Waals surface area (Å²) in [4.78, 5) is 0.840. The molecule has 0 radical (unpaired) electrons. The molecule has 2 atom stereocenters. The average Bonchev–Trinajstić information content (AvgIpc) is 2.58. The van der Waals surface area contributed by atoms with Gasteiger partial charge < -0.3 is 0 Å². The van der Waals surface area contributed by atoms with Gasteiger partial charge in [0.1, 0.15) is 0 Å². The lowest BCUT2D eigenvalue weighted by atomic mass is 9.99. The Bertz CT molecular complexity index is 133. The first-order chi connectivity index (χ1) is 6.83. The number of halogens is 1. The monoisotopic (exact) mass is 260 g/mol. The van der Waals surface area contributed by atoms with Gasteiger partial charge in [-0.15, -0.1) is 0 Å². The summed E-state index contributed by atoms with van der Waals surface area (Å²) < 4.78 is 0. The molecule has 1 fully saturated rings. The lowest BCUT2D eigenvalue weighted by Crippen LogP contribution is -1.95. The maximum atomic E-state index is 3.72. The second kappa shape index (κ2) is 7.73. The van der Waals surface area contributed by atoms with Crippen LogP contribution in [0.1, 0.15) is 71.1 Å². The highest BCUT2D eigenvalue weighted by atomic mass is 79.9. The van der Waals surface area contributed by atoms with Crippen molar-refractivity contribution in [1.82, 2.24) is 0 Å². The minimum absolute atomic E-state index is 0.840. The molecule has 0 nitrogen and oxygen atoms in total. The van der Waals surface area contributed by atoms with Crippen LogP contribution in [-0.2, 0) is 0 Å². The molecule has 2 unspecified atom stereocenters. The Morgan fingerprint density at radius 1 is 1.00 bits per heavy atom. The van der Waals surface area contributed by atoms with E-state index in [2.05, 4.69) is 22.9 Å². The smallest absolute Gasteiger partial charge is 0.0148 e. The Morgan fingerprint density at radius 3 is 2.36 bits per heavy atom. The highest BCUT2D eigenvalue weighted by Gasteiger charge is 2.21. The Balaban J connectivity index is 1.84. The molecular formula is C13H25Br. The molecule has 0 N–H and O–H groups in total. The van der Waals surface area contributed by atoms with E-state index in [1.54, 1.807) is 0 Å². The van der Waals surface area contributed by atoms with E-state index < -0.39 is 0 Å². The summed E-state index contributed by atoms with van der Waals surface area (Å²) in [5.74, 6) is 1.05. The number of unbranched alkanes of at least 4 members (excludes halogenated alkanes) is 5. The molecular weight excluding hydrogens is 236 g/mol. The summed E-state index contributed by atoms with van der Waals surface area (Å²) in [6.07, 6.45) is 14.5. The maximum absolute atomic E-state index is 3.72. The molecule has 0 aliphatic heterocycles. The van der Waals surface area contributed by atoms with Crippen molar-refractivity contribution in [2.45, 2.75) is 76.0 Å². The molecule has 0 amide bonds. The third kappa shape index (κ3) is 5.38. The predicted molar refractivity (Wildman–Crippen MR) is 68.0 cm³/mol. The fourth-order valence-corrected chi connectivity index (χ4v) is 3.28. The van der Waals surface area contributed by atoms with Crippen molar-refractivity contribution in [2.24, 2.45) is 5.92 Å². The molecule has 0 saturated heterocycles. The van der Waals surface area contributed by atoms with E-state index in [1.807, 2.05) is 0 Å². The molecule has 1 heteroatoms. The second-order valence-corrected chi connectivity index (χ2v) is 6.13. The van der Waals surface area contributed by atoms with Crippen molar-refractivity contribution in [1.29, 1.82) is 0 Å². The van der Waals surface area contributed by atoms with Crippen molar-refractivity contribution < 1.29 is 0 Å². The number of rotatable bonds is 7. The topological polar surface area (TPSA) is 0 Å². The molecule has 1 aliphatic rings. The van der Waals surface area contributed by atoms with E-state index in [0.29, 0.717) is 0 Å². The van der Waals surface area contributed by atoms with Crippen LogP contribution in [0, 0.1) is 5.92 Å². The zero-order chi connectivity index (χ0) is 10.2. The van der Waals surface area contributed by atoms with Crippen LogP contribution < -0.4 is 0 Å². The number of alkyl halides is 1. The summed E-state index contributed by atoms with van der Waals surface area (Å²) in [5, 5.41) is 0. The minimum Gasteiger partial charge on any atom is -0.0891 e. The molecule has 0 spiro atoms. The van der Waals surface area contributed by atoms with E-state index in [4.69, 9.17) is 0 Å². The van der Waals surface area contributed by atoms with Gasteiger partial charge in [0.2, 0.25) is 0 Å². The molecule has 14 heavy (non-hydrogen) atoms. The van der Waals surface area contributed by atoms with Gasteiger partial charge in [0.25, 0.3) is 0 Å². The Hall–Kier alpha value is 0.480. The first-order valence-electron chi connectivity index (χ1n) is 6.47. The van der Waals surface area contributed by atoms with Crippen LogP contribution in [0.15, 0.2) is 0 Å². The third-order valence-corrected chi connectivity index (χ3v) is 4.27. The molecule has 1 aliphatic carbocycles. The first kappa shape index (κ1) is 12.5. The molecule has 1 saturated carbocycles. The third-order valence-electron chi connectivity index (χ3n) is 3.44. The Labute approximate surface area is 98.0 Å². The van der Waals surface area contributed by atoms with Crippen LogP contribution in [0.5, 0.6) is 0 Å². The lowest BCUT2D eigenvalue weighted by Gasteiger charge is -2.08. The SMILES string of the molecule is CCCCCCCCC1CCC(Br)C1. The van der Waals surface area contributed by atoms with E-state index in [1.165, 1.54) is 64.2 Å². The van der Waals surface area contributed by atoms with E-state index in [0.717, 1.165) is 10.7 Å². The van der Waals surface area contributed by atoms with Crippen LogP contribution in [0.3, 0.4) is 0 Å².